The van der Waals surface area contributed by atoms with Crippen molar-refractivity contribution in [2.45, 2.75) is 5.41 Å². The van der Waals surface area contributed by atoms with Crippen LogP contribution in [0.25, 0.3) is 64.0 Å². The number of thiophene rings is 1. The van der Waals surface area contributed by atoms with Crippen LogP contribution in [-0.4, -0.2) is 0 Å². The third-order valence-electron chi connectivity index (χ3n) is 12.9. The fourth-order valence-corrected chi connectivity index (χ4v) is 11.6. The van der Waals surface area contributed by atoms with Gasteiger partial charge in [-0.15, -0.1) is 11.3 Å². The van der Waals surface area contributed by atoms with Crippen LogP contribution < -0.4 is 9.64 Å². The van der Waals surface area contributed by atoms with Gasteiger partial charge >= 0.3 is 0 Å². The van der Waals surface area contributed by atoms with Crippen molar-refractivity contribution in [3.8, 4) is 33.8 Å². The average Bonchev–Trinajstić information content (AvgIpc) is 3.84. The zero-order valence-corrected chi connectivity index (χ0v) is 33.3. The summed E-state index contributed by atoms with van der Waals surface area (Å²) >= 11 is 1.87. The molecule has 0 saturated carbocycles. The summed E-state index contributed by atoms with van der Waals surface area (Å²) in [4.78, 5) is 2.46. The Labute approximate surface area is 351 Å². The fraction of sp³-hybridized carbons (Fsp3) is 0.0175. The molecule has 13 rings (SSSR count). The van der Waals surface area contributed by atoms with Gasteiger partial charge in [0.15, 0.2) is 0 Å². The van der Waals surface area contributed by atoms with E-state index in [0.29, 0.717) is 0 Å². The highest BCUT2D eigenvalue weighted by molar-refractivity contribution is 7.26. The van der Waals surface area contributed by atoms with Crippen LogP contribution in [0.4, 0.5) is 17.1 Å². The van der Waals surface area contributed by atoms with Crippen molar-refractivity contribution in [2.24, 2.45) is 0 Å². The smallest absolute Gasteiger partial charge is 0.140 e. The SMILES string of the molecule is c1ccc(N(c2ccc(-c3ccc4c(c3)C3(c5ccccc5Oc5c3ccc3ccccc53)c3ccccc3-4)c3ccccc23)c2cccc3c2sc2ccccc23)cc1. The van der Waals surface area contributed by atoms with Crippen molar-refractivity contribution in [3.63, 3.8) is 0 Å². The summed E-state index contributed by atoms with van der Waals surface area (Å²) in [5, 5.41) is 7.29. The fourth-order valence-electron chi connectivity index (χ4n) is 10.4. The van der Waals surface area contributed by atoms with E-state index in [1.165, 1.54) is 86.5 Å². The van der Waals surface area contributed by atoms with Crippen molar-refractivity contribution >= 4 is 70.1 Å². The summed E-state index contributed by atoms with van der Waals surface area (Å²) in [5.74, 6) is 1.84. The molecule has 10 aromatic carbocycles. The molecule has 0 fully saturated rings. The van der Waals surface area contributed by atoms with E-state index >= 15 is 0 Å². The van der Waals surface area contributed by atoms with Gasteiger partial charge in [0, 0.05) is 43.1 Å². The van der Waals surface area contributed by atoms with Gasteiger partial charge in [-0.25, -0.2) is 0 Å². The molecule has 1 atom stereocenters. The molecule has 0 radical (unpaired) electrons. The van der Waals surface area contributed by atoms with E-state index in [9.17, 15) is 0 Å². The van der Waals surface area contributed by atoms with Gasteiger partial charge in [-0.05, 0) is 86.6 Å². The van der Waals surface area contributed by atoms with E-state index < -0.39 is 5.41 Å². The highest BCUT2D eigenvalue weighted by atomic mass is 32.1. The lowest BCUT2D eigenvalue weighted by atomic mass is 9.65. The van der Waals surface area contributed by atoms with Crippen LogP contribution in [0.1, 0.15) is 22.3 Å². The largest absolute Gasteiger partial charge is 0.456 e. The zero-order chi connectivity index (χ0) is 39.4. The maximum absolute atomic E-state index is 6.93. The maximum atomic E-state index is 6.93. The second-order valence-electron chi connectivity index (χ2n) is 15.9. The van der Waals surface area contributed by atoms with Crippen molar-refractivity contribution < 1.29 is 4.74 Å². The van der Waals surface area contributed by atoms with Gasteiger partial charge in [0.1, 0.15) is 11.5 Å². The van der Waals surface area contributed by atoms with Crippen molar-refractivity contribution in [1.82, 2.24) is 0 Å². The molecule has 2 nitrogen and oxygen atoms in total. The lowest BCUT2D eigenvalue weighted by Gasteiger charge is -2.40. The van der Waals surface area contributed by atoms with Gasteiger partial charge in [0.2, 0.25) is 0 Å². The van der Waals surface area contributed by atoms with E-state index in [2.05, 4.69) is 217 Å². The minimum absolute atomic E-state index is 0.571. The minimum Gasteiger partial charge on any atom is -0.456 e. The average molecular weight is 782 g/mol. The Morgan fingerprint density at radius 1 is 0.400 bits per heavy atom. The van der Waals surface area contributed by atoms with E-state index in [1.807, 2.05) is 11.3 Å². The van der Waals surface area contributed by atoms with Gasteiger partial charge in [-0.1, -0.05) is 170 Å². The molecule has 2 heterocycles. The second-order valence-corrected chi connectivity index (χ2v) is 17.0. The van der Waals surface area contributed by atoms with Crippen LogP contribution in [-0.2, 0) is 5.41 Å². The molecule has 1 unspecified atom stereocenters. The molecule has 0 amide bonds. The molecular weight excluding hydrogens is 747 g/mol. The number of para-hydroxylation sites is 2. The summed E-state index contributed by atoms with van der Waals surface area (Å²) in [6.45, 7) is 0. The zero-order valence-electron chi connectivity index (χ0n) is 32.5. The van der Waals surface area contributed by atoms with Gasteiger partial charge in [-0.3, -0.25) is 0 Å². The number of hydrogen-bond acceptors (Lipinski definition) is 3. The number of hydrogen-bond donors (Lipinski definition) is 0. The first-order chi connectivity index (χ1) is 29.8. The van der Waals surface area contributed by atoms with Crippen LogP contribution >= 0.6 is 11.3 Å². The first-order valence-electron chi connectivity index (χ1n) is 20.6. The Kier molecular flexibility index (Phi) is 7.13. The topological polar surface area (TPSA) is 12.5 Å². The maximum Gasteiger partial charge on any atom is 0.140 e. The van der Waals surface area contributed by atoms with E-state index in [0.717, 1.165) is 28.3 Å². The highest BCUT2D eigenvalue weighted by Gasteiger charge is 2.51. The molecule has 1 aliphatic carbocycles. The van der Waals surface area contributed by atoms with Crippen LogP contribution in [0.2, 0.25) is 0 Å². The number of fused-ring (bicyclic) bond motifs is 15. The molecule has 60 heavy (non-hydrogen) atoms. The Morgan fingerprint density at radius 2 is 1.08 bits per heavy atom. The quantitative estimate of drug-likeness (QED) is 0.176. The Bertz CT molecular complexity index is 3550. The van der Waals surface area contributed by atoms with Crippen molar-refractivity contribution in [2.75, 3.05) is 4.90 Å². The standard InChI is InChI=1S/C57H35NOS/c1-2-16-38(17-3-1)58(52-26-14-23-46-45-22-9-13-28-54(45)60-56(46)52)51-34-32-39(41-19-6-7-21-44(41)51)37-29-31-43-42-20-8-10-24-47(42)57(50(43)35-37)48-25-11-12-27-53(48)59-55-40-18-5-4-15-36(40)30-33-49(55)57/h1-35H. The van der Waals surface area contributed by atoms with Crippen LogP contribution in [0.3, 0.4) is 0 Å². The summed E-state index contributed by atoms with van der Waals surface area (Å²) in [6.07, 6.45) is 0. The number of anilines is 3. The normalized spacial score (nSPS) is 14.9. The molecule has 1 aliphatic heterocycles. The van der Waals surface area contributed by atoms with Crippen LogP contribution in [0.15, 0.2) is 212 Å². The number of benzene rings is 10. The predicted octanol–water partition coefficient (Wildman–Crippen LogP) is 16.0. The predicted molar refractivity (Wildman–Crippen MR) is 252 cm³/mol. The van der Waals surface area contributed by atoms with Gasteiger partial charge in [0.25, 0.3) is 0 Å². The number of ether oxygens (including phenoxy) is 1. The third-order valence-corrected chi connectivity index (χ3v) is 14.1. The molecule has 3 heteroatoms. The molecule has 0 bridgehead atoms. The third kappa shape index (κ3) is 4.58. The molecular formula is C57H35NOS. The minimum atomic E-state index is -0.571. The van der Waals surface area contributed by atoms with Gasteiger partial charge in [-0.2, -0.15) is 0 Å². The first kappa shape index (κ1) is 33.5. The molecule has 2 aliphatic rings. The molecule has 1 aromatic heterocycles. The molecule has 11 aromatic rings. The molecule has 0 saturated heterocycles. The Hall–Kier alpha value is -7.46. The van der Waals surface area contributed by atoms with Gasteiger partial charge in [0.05, 0.1) is 21.5 Å². The Balaban J connectivity index is 1.05. The van der Waals surface area contributed by atoms with Crippen molar-refractivity contribution in [1.29, 1.82) is 0 Å². The number of nitrogens with zero attached hydrogens (tertiary/aromatic N) is 1. The van der Waals surface area contributed by atoms with E-state index in [4.69, 9.17) is 4.74 Å². The summed E-state index contributed by atoms with van der Waals surface area (Å²) in [7, 11) is 0. The summed E-state index contributed by atoms with van der Waals surface area (Å²) in [5.41, 5.74) is 12.7. The Morgan fingerprint density at radius 3 is 1.98 bits per heavy atom. The van der Waals surface area contributed by atoms with Crippen LogP contribution in [0.5, 0.6) is 11.5 Å². The lowest BCUT2D eigenvalue weighted by molar-refractivity contribution is 0.442. The van der Waals surface area contributed by atoms with E-state index in [1.54, 1.807) is 0 Å². The van der Waals surface area contributed by atoms with Gasteiger partial charge < -0.3 is 9.64 Å². The van der Waals surface area contributed by atoms with Crippen molar-refractivity contribution in [3.05, 3.63) is 235 Å². The molecule has 1 spiro atoms. The highest BCUT2D eigenvalue weighted by Crippen LogP contribution is 2.63. The molecule has 280 valence electrons. The number of rotatable bonds is 4. The van der Waals surface area contributed by atoms with Crippen LogP contribution in [0, 0.1) is 0 Å². The first-order valence-corrected chi connectivity index (χ1v) is 21.4. The summed E-state index contributed by atoms with van der Waals surface area (Å²) in [6, 6.07) is 77.9. The second kappa shape index (κ2) is 12.8. The van der Waals surface area contributed by atoms with E-state index in [-0.39, 0.29) is 0 Å². The molecule has 0 N–H and O–H groups in total. The lowest BCUT2D eigenvalue weighted by Crippen LogP contribution is -2.32. The monoisotopic (exact) mass is 781 g/mol. The summed E-state index contributed by atoms with van der Waals surface area (Å²) < 4.78 is 9.51.